The van der Waals surface area contributed by atoms with Crippen molar-refractivity contribution in [3.8, 4) is 22.9 Å². The molecule has 0 unspecified atom stereocenters. The molecule has 5 nitrogen and oxygen atoms in total. The molecule has 0 atom stereocenters. The van der Waals surface area contributed by atoms with E-state index in [1.54, 1.807) is 29.9 Å². The Morgan fingerprint density at radius 3 is 2.48 bits per heavy atom. The van der Waals surface area contributed by atoms with E-state index in [9.17, 15) is 9.18 Å². The highest BCUT2D eigenvalue weighted by molar-refractivity contribution is 5.77. The maximum Gasteiger partial charge on any atom is 0.222 e. The van der Waals surface area contributed by atoms with Crippen molar-refractivity contribution in [2.75, 3.05) is 13.1 Å². The first kappa shape index (κ1) is 21.1. The number of carbonyl (C=O) groups excluding carboxylic acids is 1. The zero-order chi connectivity index (χ0) is 21.8. The predicted octanol–water partition coefficient (Wildman–Crippen LogP) is 5.21. The van der Waals surface area contributed by atoms with E-state index in [4.69, 9.17) is 4.74 Å². The fourth-order valence-corrected chi connectivity index (χ4v) is 4.01. The van der Waals surface area contributed by atoms with Crippen molar-refractivity contribution < 1.29 is 13.9 Å². The SMILES string of the molecule is CC1CCN(C(=O)CCc2c(-c3ccccc3)nn(C)c2Oc2ccccc2F)CC1. The number of aromatic nitrogens is 2. The second-order valence-electron chi connectivity index (χ2n) is 8.22. The lowest BCUT2D eigenvalue weighted by molar-refractivity contribution is -0.132. The van der Waals surface area contributed by atoms with Gasteiger partial charge in [-0.2, -0.15) is 5.10 Å². The van der Waals surface area contributed by atoms with Crippen molar-refractivity contribution >= 4 is 5.91 Å². The molecule has 2 aromatic carbocycles. The normalized spacial score (nSPS) is 14.6. The third kappa shape index (κ3) is 4.79. The number of halogens is 1. The van der Waals surface area contributed by atoms with Crippen molar-refractivity contribution in [3.63, 3.8) is 0 Å². The predicted molar refractivity (Wildman–Crippen MR) is 118 cm³/mol. The van der Waals surface area contributed by atoms with Crippen molar-refractivity contribution in [1.82, 2.24) is 14.7 Å². The number of ether oxygens (including phenoxy) is 1. The van der Waals surface area contributed by atoms with Crippen molar-refractivity contribution in [1.29, 1.82) is 0 Å². The van der Waals surface area contributed by atoms with Crippen LogP contribution >= 0.6 is 0 Å². The van der Waals surface area contributed by atoms with Gasteiger partial charge in [0.25, 0.3) is 0 Å². The molecule has 1 amide bonds. The van der Waals surface area contributed by atoms with E-state index in [1.807, 2.05) is 35.2 Å². The number of para-hydroxylation sites is 1. The van der Waals surface area contributed by atoms with Crippen LogP contribution in [0.5, 0.6) is 11.6 Å². The van der Waals surface area contributed by atoms with Crippen molar-refractivity contribution in [2.45, 2.75) is 32.6 Å². The standard InChI is InChI=1S/C25H28FN3O2/c1-18-14-16-29(17-15-18)23(30)13-12-20-24(19-8-4-3-5-9-19)27-28(2)25(20)31-22-11-7-6-10-21(22)26/h3-11,18H,12-17H2,1-2H3. The first-order chi connectivity index (χ1) is 15.0. The Morgan fingerprint density at radius 2 is 1.77 bits per heavy atom. The summed E-state index contributed by atoms with van der Waals surface area (Å²) in [6.07, 6.45) is 2.95. The summed E-state index contributed by atoms with van der Waals surface area (Å²) in [6, 6.07) is 16.1. The highest BCUT2D eigenvalue weighted by Crippen LogP contribution is 2.35. The number of benzene rings is 2. The molecule has 0 aliphatic carbocycles. The molecule has 4 rings (SSSR count). The molecular formula is C25H28FN3O2. The number of hydrogen-bond acceptors (Lipinski definition) is 3. The van der Waals surface area contributed by atoms with Gasteiger partial charge < -0.3 is 9.64 Å². The highest BCUT2D eigenvalue weighted by Gasteiger charge is 2.24. The highest BCUT2D eigenvalue weighted by atomic mass is 19.1. The first-order valence-electron chi connectivity index (χ1n) is 10.8. The van der Waals surface area contributed by atoms with Crippen LogP contribution in [0.4, 0.5) is 4.39 Å². The molecule has 0 bridgehead atoms. The van der Waals surface area contributed by atoms with Crippen molar-refractivity contribution in [2.24, 2.45) is 13.0 Å². The molecule has 1 aromatic heterocycles. The van der Waals surface area contributed by atoms with E-state index < -0.39 is 5.82 Å². The first-order valence-corrected chi connectivity index (χ1v) is 10.8. The minimum Gasteiger partial charge on any atom is -0.436 e. The van der Waals surface area contributed by atoms with Crippen LogP contribution in [0, 0.1) is 11.7 Å². The van der Waals surface area contributed by atoms with Crippen molar-refractivity contribution in [3.05, 3.63) is 66.0 Å². The number of hydrogen-bond donors (Lipinski definition) is 0. The third-order valence-electron chi connectivity index (χ3n) is 5.90. The minimum atomic E-state index is -0.436. The lowest BCUT2D eigenvalue weighted by Gasteiger charge is -2.30. The summed E-state index contributed by atoms with van der Waals surface area (Å²) >= 11 is 0. The molecule has 2 heterocycles. The van der Waals surface area contributed by atoms with E-state index >= 15 is 0 Å². The second kappa shape index (κ2) is 9.33. The average molecular weight is 422 g/mol. The van der Waals surface area contributed by atoms with Gasteiger partial charge >= 0.3 is 0 Å². The van der Waals surface area contributed by atoms with Crippen LogP contribution < -0.4 is 4.74 Å². The molecule has 0 N–H and O–H groups in total. The van der Waals surface area contributed by atoms with Gasteiger partial charge in [-0.1, -0.05) is 49.4 Å². The molecule has 162 valence electrons. The van der Waals surface area contributed by atoms with E-state index in [2.05, 4.69) is 12.0 Å². The molecule has 1 aliphatic rings. The summed E-state index contributed by atoms with van der Waals surface area (Å²) < 4.78 is 21.8. The lowest BCUT2D eigenvalue weighted by Crippen LogP contribution is -2.38. The van der Waals surface area contributed by atoms with Gasteiger partial charge in [0.1, 0.15) is 0 Å². The maximum absolute atomic E-state index is 14.2. The summed E-state index contributed by atoms with van der Waals surface area (Å²) in [5.41, 5.74) is 2.51. The second-order valence-corrected chi connectivity index (χ2v) is 8.22. The molecule has 1 fully saturated rings. The van der Waals surface area contributed by atoms with E-state index in [-0.39, 0.29) is 11.7 Å². The lowest BCUT2D eigenvalue weighted by atomic mass is 9.98. The number of nitrogens with zero attached hydrogens (tertiary/aromatic N) is 3. The Balaban J connectivity index is 1.62. The fraction of sp³-hybridized carbons (Fsp3) is 0.360. The van der Waals surface area contributed by atoms with Gasteiger partial charge in [0.2, 0.25) is 11.8 Å². The molecular weight excluding hydrogens is 393 g/mol. The number of rotatable bonds is 6. The van der Waals surface area contributed by atoms with Gasteiger partial charge in [-0.3, -0.25) is 4.79 Å². The maximum atomic E-state index is 14.2. The van der Waals surface area contributed by atoms with Crippen LogP contribution in [0.2, 0.25) is 0 Å². The summed E-state index contributed by atoms with van der Waals surface area (Å²) in [4.78, 5) is 14.8. The molecule has 6 heteroatoms. The topological polar surface area (TPSA) is 47.4 Å². The molecule has 1 saturated heterocycles. The molecule has 0 spiro atoms. The van der Waals surface area contributed by atoms with E-state index in [0.29, 0.717) is 24.6 Å². The van der Waals surface area contributed by atoms with Crippen LogP contribution in [0.15, 0.2) is 54.6 Å². The smallest absolute Gasteiger partial charge is 0.222 e. The number of likely N-dealkylation sites (tertiary alicyclic amines) is 1. The summed E-state index contributed by atoms with van der Waals surface area (Å²) in [5.74, 6) is 0.987. The van der Waals surface area contributed by atoms with Gasteiger partial charge in [-0.15, -0.1) is 0 Å². The Morgan fingerprint density at radius 1 is 1.10 bits per heavy atom. The number of amides is 1. The van der Waals surface area contributed by atoms with Crippen LogP contribution in [0.3, 0.4) is 0 Å². The molecule has 3 aromatic rings. The van der Waals surface area contributed by atoms with Crippen LogP contribution in [0.25, 0.3) is 11.3 Å². The van der Waals surface area contributed by atoms with Gasteiger partial charge in [-0.25, -0.2) is 9.07 Å². The van der Waals surface area contributed by atoms with Gasteiger partial charge in [0.05, 0.1) is 5.69 Å². The molecule has 31 heavy (non-hydrogen) atoms. The quantitative estimate of drug-likeness (QED) is 0.549. The number of carbonyl (C=O) groups is 1. The summed E-state index contributed by atoms with van der Waals surface area (Å²) in [7, 11) is 1.78. The zero-order valence-electron chi connectivity index (χ0n) is 18.1. The summed E-state index contributed by atoms with van der Waals surface area (Å²) in [6.45, 7) is 3.87. The monoisotopic (exact) mass is 421 g/mol. The number of piperidine rings is 1. The molecule has 0 radical (unpaired) electrons. The largest absolute Gasteiger partial charge is 0.436 e. The van der Waals surface area contributed by atoms with Gasteiger partial charge in [0, 0.05) is 37.7 Å². The van der Waals surface area contributed by atoms with E-state index in [0.717, 1.165) is 42.8 Å². The average Bonchev–Trinajstić information content (AvgIpc) is 3.10. The summed E-state index contributed by atoms with van der Waals surface area (Å²) in [5, 5.41) is 4.65. The van der Waals surface area contributed by atoms with Crippen LogP contribution in [-0.4, -0.2) is 33.7 Å². The van der Waals surface area contributed by atoms with Gasteiger partial charge in [0.15, 0.2) is 11.6 Å². The molecule has 1 aliphatic heterocycles. The molecule has 0 saturated carbocycles. The Labute approximate surface area is 182 Å². The van der Waals surface area contributed by atoms with Crippen LogP contribution in [0.1, 0.15) is 31.7 Å². The van der Waals surface area contributed by atoms with Crippen LogP contribution in [-0.2, 0) is 18.3 Å². The Kier molecular flexibility index (Phi) is 6.35. The van der Waals surface area contributed by atoms with Gasteiger partial charge in [-0.05, 0) is 37.3 Å². The third-order valence-corrected chi connectivity index (χ3v) is 5.90. The fourth-order valence-electron chi connectivity index (χ4n) is 4.01. The minimum absolute atomic E-state index is 0.141. The zero-order valence-corrected chi connectivity index (χ0v) is 18.1. The Bertz CT molecular complexity index is 1040. The van der Waals surface area contributed by atoms with E-state index in [1.165, 1.54) is 6.07 Å². The Hall–Kier alpha value is -3.15. The number of aryl methyl sites for hydroxylation is 1.